The molecule has 3 aromatic rings. The van der Waals surface area contributed by atoms with E-state index in [1.54, 1.807) is 12.1 Å². The zero-order chi connectivity index (χ0) is 25.3. The maximum Gasteiger partial charge on any atom is 0.410 e. The number of likely N-dealkylation sites (tertiary alicyclic amines) is 1. The minimum absolute atomic E-state index is 0.0149. The summed E-state index contributed by atoms with van der Waals surface area (Å²) in [6.45, 7) is 6.63. The Bertz CT molecular complexity index is 1300. The Balaban J connectivity index is 1.63. The number of hydrogen-bond acceptors (Lipinski definition) is 5. The Morgan fingerprint density at radius 1 is 1.26 bits per heavy atom. The van der Waals surface area contributed by atoms with E-state index in [0.29, 0.717) is 45.8 Å². The molecule has 0 saturated carbocycles. The van der Waals surface area contributed by atoms with Gasteiger partial charge >= 0.3 is 6.09 Å². The number of benzene rings is 1. The van der Waals surface area contributed by atoms with Crippen LogP contribution >= 0.6 is 57.1 Å². The summed E-state index contributed by atoms with van der Waals surface area (Å²) >= 11 is 16.0. The number of H-pyrrole nitrogens is 1. The molecule has 1 aromatic carbocycles. The molecule has 2 aromatic heterocycles. The molecule has 4 rings (SSSR count). The fraction of sp³-hybridized carbons (Fsp3) is 0.440. The van der Waals surface area contributed by atoms with Crippen LogP contribution in [0.15, 0.2) is 29.1 Å². The van der Waals surface area contributed by atoms with E-state index >= 15 is 0 Å². The van der Waals surface area contributed by atoms with Crippen LogP contribution in [0.3, 0.4) is 0 Å². The summed E-state index contributed by atoms with van der Waals surface area (Å²) in [7, 11) is 0. The summed E-state index contributed by atoms with van der Waals surface area (Å²) in [5.74, 6) is 0.497. The quantitative estimate of drug-likeness (QED) is 0.288. The Morgan fingerprint density at radius 2 is 2.03 bits per heavy atom. The first-order chi connectivity index (χ1) is 16.5. The number of pyridine rings is 1. The van der Waals surface area contributed by atoms with Crippen LogP contribution < -0.4 is 10.3 Å². The lowest BCUT2D eigenvalue weighted by atomic mass is 10.00. The van der Waals surface area contributed by atoms with Crippen LogP contribution in [0.1, 0.15) is 46.5 Å². The molecule has 1 atom stereocenters. The van der Waals surface area contributed by atoms with E-state index in [2.05, 4.69) is 27.6 Å². The summed E-state index contributed by atoms with van der Waals surface area (Å²) < 4.78 is 13.4. The van der Waals surface area contributed by atoms with Gasteiger partial charge in [0.15, 0.2) is 0 Å². The Morgan fingerprint density at radius 3 is 2.71 bits per heavy atom. The van der Waals surface area contributed by atoms with E-state index in [0.717, 1.165) is 33.1 Å². The number of thiophene rings is 1. The number of carbonyl (C=O) groups excluding carboxylic acids is 1. The van der Waals surface area contributed by atoms with Crippen molar-refractivity contribution in [3.8, 4) is 16.2 Å². The number of aromatic amines is 1. The second-order valence-electron chi connectivity index (χ2n) is 9.53. The molecule has 3 heterocycles. The number of hydrogen-bond donors (Lipinski definition) is 1. The zero-order valence-electron chi connectivity index (χ0n) is 19.8. The Kier molecular flexibility index (Phi) is 8.25. The predicted molar refractivity (Wildman–Crippen MR) is 151 cm³/mol. The van der Waals surface area contributed by atoms with Crippen LogP contribution in [0, 0.1) is 3.57 Å². The number of halogens is 3. The zero-order valence-corrected chi connectivity index (χ0v) is 24.2. The molecule has 1 aliphatic rings. The van der Waals surface area contributed by atoms with Crippen molar-refractivity contribution in [1.29, 1.82) is 0 Å². The largest absolute Gasteiger partial charge is 0.492 e. The van der Waals surface area contributed by atoms with Crippen LogP contribution in [-0.2, 0) is 4.74 Å². The fourth-order valence-corrected chi connectivity index (χ4v) is 5.95. The van der Waals surface area contributed by atoms with Crippen molar-refractivity contribution in [3.63, 3.8) is 0 Å². The monoisotopic (exact) mass is 648 g/mol. The van der Waals surface area contributed by atoms with Crippen molar-refractivity contribution in [1.82, 2.24) is 9.88 Å². The lowest BCUT2D eigenvalue weighted by Gasteiger charge is -2.36. The fourth-order valence-electron chi connectivity index (χ4n) is 4.24. The first kappa shape index (κ1) is 26.6. The molecule has 1 amide bonds. The number of nitrogens with zero attached hydrogens (tertiary/aromatic N) is 1. The molecule has 1 fully saturated rings. The lowest BCUT2D eigenvalue weighted by Crippen LogP contribution is -2.46. The first-order valence-electron chi connectivity index (χ1n) is 11.5. The number of aromatic nitrogens is 1. The highest BCUT2D eigenvalue weighted by Gasteiger charge is 2.30. The topological polar surface area (TPSA) is 71.6 Å². The lowest BCUT2D eigenvalue weighted by molar-refractivity contribution is 0.00746. The third-order valence-corrected chi connectivity index (χ3v) is 8.55. The standard InChI is InChI=1S/C25H27Cl2IN2O4S/c1-25(2,3)34-24(32)30-10-5-4-6-14(30)9-11-33-22-15-12-17(28)16(26)13-18(15)29-23(31)21(22)19-7-8-20(27)35-19/h7-8,12-14H,4-6,9-11H2,1-3H3,(H,29,31). The average molecular weight is 649 g/mol. The van der Waals surface area contributed by atoms with E-state index in [1.165, 1.54) is 11.3 Å². The molecule has 0 bridgehead atoms. The summed E-state index contributed by atoms with van der Waals surface area (Å²) in [5, 5.41) is 1.33. The molecular weight excluding hydrogens is 622 g/mol. The molecule has 0 radical (unpaired) electrons. The summed E-state index contributed by atoms with van der Waals surface area (Å²) in [6.07, 6.45) is 3.23. The molecule has 0 aliphatic carbocycles. The maximum atomic E-state index is 13.1. The van der Waals surface area contributed by atoms with Crippen molar-refractivity contribution in [2.75, 3.05) is 13.2 Å². The van der Waals surface area contributed by atoms with Crippen molar-refractivity contribution in [3.05, 3.63) is 47.5 Å². The van der Waals surface area contributed by atoms with Crippen molar-refractivity contribution in [2.24, 2.45) is 0 Å². The van der Waals surface area contributed by atoms with Crippen LogP contribution in [-0.4, -0.2) is 40.8 Å². The number of piperidine rings is 1. The third-order valence-electron chi connectivity index (χ3n) is 5.78. The number of carbonyl (C=O) groups is 1. The van der Waals surface area contributed by atoms with Gasteiger partial charge in [0.05, 0.1) is 27.0 Å². The van der Waals surface area contributed by atoms with Gasteiger partial charge in [0.25, 0.3) is 5.56 Å². The number of nitrogens with one attached hydrogen (secondary N) is 1. The van der Waals surface area contributed by atoms with Gasteiger partial charge in [-0.15, -0.1) is 11.3 Å². The number of amides is 1. The van der Waals surface area contributed by atoms with Gasteiger partial charge in [0.2, 0.25) is 0 Å². The molecule has 6 nitrogen and oxygen atoms in total. The van der Waals surface area contributed by atoms with Gasteiger partial charge in [-0.2, -0.15) is 0 Å². The van der Waals surface area contributed by atoms with Gasteiger partial charge in [0.1, 0.15) is 11.4 Å². The SMILES string of the molecule is CC(C)(C)OC(=O)N1CCCCC1CCOc1c(-c2ccc(Cl)s2)c(=O)[nH]c2cc(Cl)c(I)cc12. The number of rotatable bonds is 5. The Labute approximate surface area is 232 Å². The molecular formula is C25H27Cl2IN2O4S. The smallest absolute Gasteiger partial charge is 0.410 e. The van der Waals surface area contributed by atoms with Crippen LogP contribution in [0.5, 0.6) is 5.75 Å². The van der Waals surface area contributed by atoms with Gasteiger partial charge in [0, 0.05) is 32.8 Å². The van der Waals surface area contributed by atoms with Crippen LogP contribution in [0.4, 0.5) is 4.79 Å². The molecule has 0 spiro atoms. The second kappa shape index (κ2) is 10.9. The van der Waals surface area contributed by atoms with E-state index in [1.807, 2.05) is 37.8 Å². The van der Waals surface area contributed by atoms with Gasteiger partial charge in [-0.1, -0.05) is 23.2 Å². The van der Waals surface area contributed by atoms with Crippen molar-refractivity contribution < 1.29 is 14.3 Å². The molecule has 1 saturated heterocycles. The molecule has 35 heavy (non-hydrogen) atoms. The van der Waals surface area contributed by atoms with Gasteiger partial charge < -0.3 is 19.4 Å². The van der Waals surface area contributed by atoms with Crippen LogP contribution in [0.25, 0.3) is 21.3 Å². The first-order valence-corrected chi connectivity index (χ1v) is 14.1. The molecule has 188 valence electrons. The number of fused-ring (bicyclic) bond motifs is 1. The molecule has 1 unspecified atom stereocenters. The predicted octanol–water partition coefficient (Wildman–Crippen LogP) is 7.73. The molecule has 1 N–H and O–H groups in total. The van der Waals surface area contributed by atoms with Gasteiger partial charge in [-0.05, 0) is 86.9 Å². The van der Waals surface area contributed by atoms with E-state index in [9.17, 15) is 9.59 Å². The van der Waals surface area contributed by atoms with E-state index < -0.39 is 5.60 Å². The summed E-state index contributed by atoms with van der Waals surface area (Å²) in [5.41, 5.74) is 0.237. The normalized spacial score (nSPS) is 16.5. The Hall–Kier alpha value is -1.49. The highest BCUT2D eigenvalue weighted by Crippen LogP contribution is 2.39. The van der Waals surface area contributed by atoms with Crippen LogP contribution in [0.2, 0.25) is 9.36 Å². The maximum absolute atomic E-state index is 13.1. The van der Waals surface area contributed by atoms with E-state index in [-0.39, 0.29) is 17.7 Å². The molecule has 10 heteroatoms. The summed E-state index contributed by atoms with van der Waals surface area (Å²) in [6, 6.07) is 7.25. The van der Waals surface area contributed by atoms with Gasteiger partial charge in [-0.3, -0.25) is 4.79 Å². The second-order valence-corrected chi connectivity index (χ2v) is 12.8. The minimum Gasteiger partial charge on any atom is -0.492 e. The minimum atomic E-state index is -0.547. The average Bonchev–Trinajstić information content (AvgIpc) is 3.20. The highest BCUT2D eigenvalue weighted by molar-refractivity contribution is 14.1. The highest BCUT2D eigenvalue weighted by atomic mass is 127. The molecule has 1 aliphatic heterocycles. The van der Waals surface area contributed by atoms with Crippen molar-refractivity contribution in [2.45, 2.75) is 58.1 Å². The third kappa shape index (κ3) is 6.26. The van der Waals surface area contributed by atoms with E-state index in [4.69, 9.17) is 32.7 Å². The van der Waals surface area contributed by atoms with Gasteiger partial charge in [-0.25, -0.2) is 4.79 Å². The summed E-state index contributed by atoms with van der Waals surface area (Å²) in [4.78, 5) is 31.4. The number of ether oxygens (including phenoxy) is 2. The van der Waals surface area contributed by atoms with Crippen molar-refractivity contribution >= 4 is 74.1 Å².